The van der Waals surface area contributed by atoms with E-state index in [1.165, 1.54) is 0 Å². The van der Waals surface area contributed by atoms with E-state index >= 15 is 0 Å². The van der Waals surface area contributed by atoms with Crippen molar-refractivity contribution in [1.82, 2.24) is 0 Å². The molecule has 3 N–H and O–H groups in total. The summed E-state index contributed by atoms with van der Waals surface area (Å²) in [6.07, 6.45) is 0.712. The average molecular weight is 351 g/mol. The molecule has 0 spiro atoms. The zero-order chi connectivity index (χ0) is 18.5. The fraction of sp³-hybridized carbons (Fsp3) is 0.143. The van der Waals surface area contributed by atoms with E-state index in [4.69, 9.17) is 4.74 Å². The second-order valence-electron chi connectivity index (χ2n) is 6.08. The van der Waals surface area contributed by atoms with E-state index in [1.807, 2.05) is 48.5 Å². The first-order chi connectivity index (χ1) is 12.6. The fourth-order valence-corrected chi connectivity index (χ4v) is 2.98. The molecule has 3 aromatic carbocycles. The highest BCUT2D eigenvalue weighted by Crippen LogP contribution is 2.32. The fourth-order valence-electron chi connectivity index (χ4n) is 2.98. The van der Waals surface area contributed by atoms with Gasteiger partial charge in [0.1, 0.15) is 5.75 Å². The Morgan fingerprint density at radius 3 is 2.38 bits per heavy atom. The van der Waals surface area contributed by atoms with Crippen molar-refractivity contribution in [2.45, 2.75) is 13.0 Å². The maximum absolute atomic E-state index is 11.3. The van der Waals surface area contributed by atoms with Crippen molar-refractivity contribution in [3.05, 3.63) is 88.6 Å². The number of hydrogen-bond acceptors (Lipinski definition) is 4. The van der Waals surface area contributed by atoms with Crippen LogP contribution in [-0.4, -0.2) is 17.4 Å². The lowest BCUT2D eigenvalue weighted by Crippen LogP contribution is -2.99. The highest BCUT2D eigenvalue weighted by atomic mass is 16.8. The lowest BCUT2D eigenvalue weighted by molar-refractivity contribution is -0.991. The maximum atomic E-state index is 11.3. The molecule has 26 heavy (non-hydrogen) atoms. The maximum Gasteiger partial charge on any atom is 0.164 e. The smallest absolute Gasteiger partial charge is 0.164 e. The molecule has 0 aromatic heterocycles. The molecule has 3 aromatic rings. The van der Waals surface area contributed by atoms with Crippen LogP contribution in [0, 0.1) is 5.21 Å². The molecule has 5 heteroatoms. The summed E-state index contributed by atoms with van der Waals surface area (Å²) in [5.74, 6) is 0.695. The number of quaternary nitrogens is 1. The normalized spacial score (nSPS) is 12.0. The average Bonchev–Trinajstić information content (AvgIpc) is 2.68. The minimum Gasteiger partial charge on any atom is -0.595 e. The zero-order valence-electron chi connectivity index (χ0n) is 14.5. The van der Waals surface area contributed by atoms with Crippen LogP contribution < -0.4 is 9.96 Å². The van der Waals surface area contributed by atoms with E-state index in [0.717, 1.165) is 27.8 Å². The number of nitrogens with one attached hydrogen (secondary N) is 1. The van der Waals surface area contributed by atoms with Gasteiger partial charge in [-0.1, -0.05) is 42.5 Å². The molecule has 0 aliphatic rings. The highest BCUT2D eigenvalue weighted by Gasteiger charge is 2.10. The second-order valence-corrected chi connectivity index (χ2v) is 6.08. The van der Waals surface area contributed by atoms with E-state index in [0.29, 0.717) is 12.2 Å². The molecule has 134 valence electrons. The minimum absolute atomic E-state index is 0.0175. The number of hydrogen-bond donors (Lipinski definition) is 3. The molecular formula is C21H21NO4. The molecule has 0 amide bonds. The van der Waals surface area contributed by atoms with Crippen molar-refractivity contribution < 1.29 is 20.3 Å². The van der Waals surface area contributed by atoms with Gasteiger partial charge in [0.15, 0.2) is 5.69 Å². The van der Waals surface area contributed by atoms with Gasteiger partial charge in [0.2, 0.25) is 0 Å². The summed E-state index contributed by atoms with van der Waals surface area (Å²) in [6, 6.07) is 20.6. The third-order valence-corrected chi connectivity index (χ3v) is 4.27. The van der Waals surface area contributed by atoms with Crippen molar-refractivity contribution in [1.29, 1.82) is 0 Å². The van der Waals surface area contributed by atoms with Crippen LogP contribution in [0.2, 0.25) is 0 Å². The molecule has 0 aliphatic heterocycles. The number of ether oxygens (including phenoxy) is 1. The summed E-state index contributed by atoms with van der Waals surface area (Å²) in [5, 5.41) is 28.8. The van der Waals surface area contributed by atoms with Gasteiger partial charge in [-0.05, 0) is 40.8 Å². The first kappa shape index (κ1) is 18.1. The van der Waals surface area contributed by atoms with Crippen LogP contribution in [0.1, 0.15) is 16.7 Å². The SMILES string of the molecule is COc1ccc(Cc2cccc(CO)c2)cc1-c1cccc([NH+]([O-])O)c1. The summed E-state index contributed by atoms with van der Waals surface area (Å²) in [4.78, 5) is 0. The summed E-state index contributed by atoms with van der Waals surface area (Å²) >= 11 is 0. The van der Waals surface area contributed by atoms with Gasteiger partial charge in [0.05, 0.1) is 13.7 Å². The van der Waals surface area contributed by atoms with Crippen LogP contribution in [0.3, 0.4) is 0 Å². The molecule has 0 aliphatic carbocycles. The molecule has 0 fully saturated rings. The molecule has 1 unspecified atom stereocenters. The van der Waals surface area contributed by atoms with Crippen LogP contribution in [0.25, 0.3) is 11.1 Å². The van der Waals surface area contributed by atoms with Crippen LogP contribution in [0.5, 0.6) is 5.75 Å². The van der Waals surface area contributed by atoms with Gasteiger partial charge in [-0.15, -0.1) is 0 Å². The van der Waals surface area contributed by atoms with Crippen molar-refractivity contribution in [3.8, 4) is 16.9 Å². The molecule has 0 radical (unpaired) electrons. The zero-order valence-corrected chi connectivity index (χ0v) is 14.5. The quantitative estimate of drug-likeness (QED) is 0.597. The first-order valence-electron chi connectivity index (χ1n) is 8.30. The summed E-state index contributed by atoms with van der Waals surface area (Å²) < 4.78 is 5.46. The van der Waals surface area contributed by atoms with Crippen molar-refractivity contribution in [2.24, 2.45) is 0 Å². The van der Waals surface area contributed by atoms with E-state index in [2.05, 4.69) is 0 Å². The van der Waals surface area contributed by atoms with Gasteiger partial charge in [0, 0.05) is 17.7 Å². The molecule has 3 rings (SSSR count). The second kappa shape index (κ2) is 8.12. The van der Waals surface area contributed by atoms with Gasteiger partial charge < -0.3 is 15.1 Å². The van der Waals surface area contributed by atoms with Crippen LogP contribution in [0.15, 0.2) is 66.7 Å². The Balaban J connectivity index is 1.97. The largest absolute Gasteiger partial charge is 0.595 e. The summed E-state index contributed by atoms with van der Waals surface area (Å²) in [5.41, 5.74) is 4.96. The Hall–Kier alpha value is -2.70. The van der Waals surface area contributed by atoms with Gasteiger partial charge in [0.25, 0.3) is 0 Å². The topological polar surface area (TPSA) is 77.2 Å². The first-order valence-corrected chi connectivity index (χ1v) is 8.30. The van der Waals surface area contributed by atoms with Crippen LogP contribution >= 0.6 is 0 Å². The Kier molecular flexibility index (Phi) is 5.65. The predicted molar refractivity (Wildman–Crippen MR) is 99.4 cm³/mol. The highest BCUT2D eigenvalue weighted by molar-refractivity contribution is 5.73. The lowest BCUT2D eigenvalue weighted by atomic mass is 9.97. The van der Waals surface area contributed by atoms with Crippen LogP contribution in [0.4, 0.5) is 5.69 Å². The molecular weight excluding hydrogens is 330 g/mol. The number of methoxy groups -OCH3 is 1. The number of benzene rings is 3. The van der Waals surface area contributed by atoms with Gasteiger partial charge in [-0.2, -0.15) is 5.23 Å². The van der Waals surface area contributed by atoms with E-state index in [-0.39, 0.29) is 12.3 Å². The van der Waals surface area contributed by atoms with Crippen molar-refractivity contribution in [2.75, 3.05) is 7.11 Å². The van der Waals surface area contributed by atoms with Gasteiger partial charge >= 0.3 is 0 Å². The summed E-state index contributed by atoms with van der Waals surface area (Å²) in [6.45, 7) is 0.0175. The minimum atomic E-state index is -0.956. The summed E-state index contributed by atoms with van der Waals surface area (Å²) in [7, 11) is 1.60. The van der Waals surface area contributed by atoms with E-state index < -0.39 is 5.23 Å². The Morgan fingerprint density at radius 2 is 1.65 bits per heavy atom. The third-order valence-electron chi connectivity index (χ3n) is 4.27. The van der Waals surface area contributed by atoms with E-state index in [1.54, 1.807) is 25.3 Å². The third kappa shape index (κ3) is 4.09. The Bertz CT molecular complexity index is 893. The number of aliphatic hydroxyl groups is 1. The lowest BCUT2D eigenvalue weighted by Gasteiger charge is -2.15. The number of aliphatic hydroxyl groups excluding tert-OH is 1. The standard InChI is InChI=1S/C21H21NO4/c1-26-21-9-8-16(10-15-4-2-5-17(11-15)14-23)12-20(21)18-6-3-7-19(13-18)22(24)25/h2-9,11-13,22-24H,10,14H2,1H3. The molecule has 1 atom stereocenters. The molecule has 5 nitrogen and oxygen atoms in total. The van der Waals surface area contributed by atoms with Crippen molar-refractivity contribution >= 4 is 5.69 Å². The molecule has 0 bridgehead atoms. The van der Waals surface area contributed by atoms with Gasteiger partial charge in [-0.25, -0.2) is 5.21 Å². The molecule has 0 saturated carbocycles. The molecule has 0 heterocycles. The monoisotopic (exact) mass is 351 g/mol. The Morgan fingerprint density at radius 1 is 0.923 bits per heavy atom. The predicted octanol–water partition coefficient (Wildman–Crippen LogP) is 2.85. The molecule has 0 saturated heterocycles. The Labute approximate surface area is 152 Å². The van der Waals surface area contributed by atoms with E-state index in [9.17, 15) is 15.5 Å². The van der Waals surface area contributed by atoms with Crippen molar-refractivity contribution in [3.63, 3.8) is 0 Å². The van der Waals surface area contributed by atoms with Gasteiger partial charge in [-0.3, -0.25) is 0 Å². The van der Waals surface area contributed by atoms with Crippen LogP contribution in [-0.2, 0) is 13.0 Å². The number of rotatable bonds is 6.